The molecule has 3 aromatic rings. The highest BCUT2D eigenvalue weighted by Crippen LogP contribution is 2.24. The van der Waals surface area contributed by atoms with Gasteiger partial charge in [-0.1, -0.05) is 61.4 Å². The molecule has 2 amide bonds. The van der Waals surface area contributed by atoms with Crippen LogP contribution in [0, 0.1) is 13.8 Å². The van der Waals surface area contributed by atoms with Crippen molar-refractivity contribution in [3.8, 4) is 5.75 Å². The molecule has 0 bridgehead atoms. The lowest BCUT2D eigenvalue weighted by Gasteiger charge is -2.33. The minimum atomic E-state index is -3.58. The summed E-state index contributed by atoms with van der Waals surface area (Å²) < 4.78 is 32.4. The van der Waals surface area contributed by atoms with Gasteiger partial charge in [0.15, 0.2) is 0 Å². The summed E-state index contributed by atoms with van der Waals surface area (Å²) in [5.41, 5.74) is 4.32. The minimum Gasteiger partial charge on any atom is -0.497 e. The number of sulfonamides is 1. The summed E-state index contributed by atoms with van der Waals surface area (Å²) in [6, 6.07) is 22.3. The molecule has 0 aliphatic heterocycles. The Morgan fingerprint density at radius 1 is 0.932 bits per heavy atom. The molecule has 44 heavy (non-hydrogen) atoms. The Morgan fingerprint density at radius 3 is 2.23 bits per heavy atom. The predicted molar refractivity (Wildman–Crippen MR) is 175 cm³/mol. The van der Waals surface area contributed by atoms with Gasteiger partial charge >= 0.3 is 0 Å². The van der Waals surface area contributed by atoms with E-state index < -0.39 is 16.1 Å². The van der Waals surface area contributed by atoms with E-state index in [0.717, 1.165) is 47.9 Å². The summed E-state index contributed by atoms with van der Waals surface area (Å²) in [6.07, 6.45) is 5.98. The standard InChI is InChI=1S/C35H45N3O5S/c1-26-20-27(2)22-31(21-26)38(44(4,41)42)19-11-18-34(39)37(25-29-14-10-17-32(23-29)43-3)33(24-28-12-6-5-7-13-28)35(40)36-30-15-8-9-16-30/h5-7,10,12-14,17,20-23,30,33H,8-9,11,15-16,18-19,24-25H2,1-4H3,(H,36,40). The molecule has 0 saturated heterocycles. The van der Waals surface area contributed by atoms with Crippen LogP contribution in [0.15, 0.2) is 72.8 Å². The zero-order chi connectivity index (χ0) is 31.7. The molecule has 9 heteroatoms. The van der Waals surface area contributed by atoms with Crippen molar-refractivity contribution >= 4 is 27.5 Å². The van der Waals surface area contributed by atoms with Crippen LogP contribution in [0.25, 0.3) is 0 Å². The van der Waals surface area contributed by atoms with Gasteiger partial charge in [-0.15, -0.1) is 0 Å². The second-order valence-corrected chi connectivity index (χ2v) is 13.8. The Kier molecular flexibility index (Phi) is 11.4. The highest BCUT2D eigenvalue weighted by molar-refractivity contribution is 7.92. The fraction of sp³-hybridized carbons (Fsp3) is 0.429. The summed E-state index contributed by atoms with van der Waals surface area (Å²) in [4.78, 5) is 29.7. The van der Waals surface area contributed by atoms with Crippen LogP contribution in [0.5, 0.6) is 5.75 Å². The molecule has 1 unspecified atom stereocenters. The SMILES string of the molecule is COc1cccc(CN(C(=O)CCCN(c2cc(C)cc(C)c2)S(C)(=O)=O)C(Cc2ccccc2)C(=O)NC2CCCC2)c1. The van der Waals surface area contributed by atoms with Crippen molar-refractivity contribution in [2.45, 2.75) is 77.4 Å². The lowest BCUT2D eigenvalue weighted by atomic mass is 10.0. The van der Waals surface area contributed by atoms with Gasteiger partial charge in [0.1, 0.15) is 11.8 Å². The first-order valence-electron chi connectivity index (χ1n) is 15.4. The molecule has 3 aromatic carbocycles. The number of carbonyl (C=O) groups is 2. The van der Waals surface area contributed by atoms with Crippen LogP contribution in [0.1, 0.15) is 60.8 Å². The molecule has 1 atom stereocenters. The molecule has 1 fully saturated rings. The number of anilines is 1. The smallest absolute Gasteiger partial charge is 0.243 e. The van der Waals surface area contributed by atoms with Gasteiger partial charge in [0.25, 0.3) is 0 Å². The lowest BCUT2D eigenvalue weighted by molar-refractivity contribution is -0.141. The maximum atomic E-state index is 14.1. The third kappa shape index (κ3) is 9.32. The first-order valence-corrected chi connectivity index (χ1v) is 17.2. The van der Waals surface area contributed by atoms with Gasteiger partial charge in [0, 0.05) is 32.0 Å². The summed E-state index contributed by atoms with van der Waals surface area (Å²) in [6.45, 7) is 4.23. The number of amides is 2. The van der Waals surface area contributed by atoms with Gasteiger partial charge in [-0.05, 0) is 79.6 Å². The van der Waals surface area contributed by atoms with Gasteiger partial charge < -0.3 is 15.0 Å². The average molecular weight is 620 g/mol. The topological polar surface area (TPSA) is 96.0 Å². The van der Waals surface area contributed by atoms with E-state index in [9.17, 15) is 18.0 Å². The van der Waals surface area contributed by atoms with Crippen molar-refractivity contribution in [3.05, 3.63) is 95.1 Å². The number of methoxy groups -OCH3 is 1. The number of rotatable bonds is 14. The minimum absolute atomic E-state index is 0.0861. The summed E-state index contributed by atoms with van der Waals surface area (Å²) in [5.74, 6) is 0.302. The number of hydrogen-bond donors (Lipinski definition) is 1. The van der Waals surface area contributed by atoms with Crippen molar-refractivity contribution in [1.82, 2.24) is 10.2 Å². The highest BCUT2D eigenvalue weighted by Gasteiger charge is 2.32. The zero-order valence-corrected chi connectivity index (χ0v) is 27.1. The monoisotopic (exact) mass is 619 g/mol. The Labute approximate surface area is 262 Å². The molecule has 1 aliphatic carbocycles. The molecular formula is C35H45N3O5S. The molecule has 236 valence electrons. The van der Waals surface area contributed by atoms with Crippen LogP contribution in [-0.4, -0.2) is 57.1 Å². The Hall–Kier alpha value is -3.85. The van der Waals surface area contributed by atoms with Crippen LogP contribution in [0.3, 0.4) is 0 Å². The van der Waals surface area contributed by atoms with E-state index in [4.69, 9.17) is 4.74 Å². The van der Waals surface area contributed by atoms with E-state index in [1.165, 1.54) is 10.6 Å². The molecule has 1 saturated carbocycles. The fourth-order valence-corrected chi connectivity index (χ4v) is 6.94. The highest BCUT2D eigenvalue weighted by atomic mass is 32.2. The average Bonchev–Trinajstić information content (AvgIpc) is 3.49. The van der Waals surface area contributed by atoms with E-state index in [1.807, 2.05) is 86.6 Å². The molecule has 4 rings (SSSR count). The van der Waals surface area contributed by atoms with Crippen molar-refractivity contribution < 1.29 is 22.7 Å². The number of benzene rings is 3. The second kappa shape index (κ2) is 15.2. The quantitative estimate of drug-likeness (QED) is 0.255. The maximum Gasteiger partial charge on any atom is 0.243 e. The summed E-state index contributed by atoms with van der Waals surface area (Å²) in [5, 5.41) is 3.22. The number of aryl methyl sites for hydroxylation is 2. The van der Waals surface area contributed by atoms with Crippen LogP contribution in [0.4, 0.5) is 5.69 Å². The van der Waals surface area contributed by atoms with Crippen LogP contribution < -0.4 is 14.4 Å². The van der Waals surface area contributed by atoms with Gasteiger partial charge in [-0.3, -0.25) is 13.9 Å². The van der Waals surface area contributed by atoms with Crippen LogP contribution in [0.2, 0.25) is 0 Å². The van der Waals surface area contributed by atoms with E-state index in [2.05, 4.69) is 5.32 Å². The van der Waals surface area contributed by atoms with Crippen molar-refractivity contribution in [2.75, 3.05) is 24.2 Å². The number of carbonyl (C=O) groups excluding carboxylic acids is 2. The first kappa shape index (κ1) is 33.1. The van der Waals surface area contributed by atoms with E-state index in [0.29, 0.717) is 24.3 Å². The van der Waals surface area contributed by atoms with Crippen molar-refractivity contribution in [1.29, 1.82) is 0 Å². The van der Waals surface area contributed by atoms with E-state index in [1.54, 1.807) is 12.0 Å². The second-order valence-electron chi connectivity index (χ2n) is 11.9. The molecular weight excluding hydrogens is 574 g/mol. The van der Waals surface area contributed by atoms with Crippen molar-refractivity contribution in [3.63, 3.8) is 0 Å². The molecule has 0 radical (unpaired) electrons. The largest absolute Gasteiger partial charge is 0.497 e. The number of hydrogen-bond acceptors (Lipinski definition) is 5. The predicted octanol–water partition coefficient (Wildman–Crippen LogP) is 5.56. The van der Waals surface area contributed by atoms with Gasteiger partial charge in [-0.25, -0.2) is 8.42 Å². The maximum absolute atomic E-state index is 14.1. The number of nitrogens with one attached hydrogen (secondary N) is 1. The Balaban J connectivity index is 1.61. The van der Waals surface area contributed by atoms with Gasteiger partial charge in [0.2, 0.25) is 21.8 Å². The molecule has 1 N–H and O–H groups in total. The third-order valence-corrected chi connectivity index (χ3v) is 9.30. The van der Waals surface area contributed by atoms with Gasteiger partial charge in [0.05, 0.1) is 19.1 Å². The molecule has 0 aromatic heterocycles. The summed E-state index contributed by atoms with van der Waals surface area (Å²) in [7, 11) is -1.98. The lowest BCUT2D eigenvalue weighted by Crippen LogP contribution is -2.52. The summed E-state index contributed by atoms with van der Waals surface area (Å²) >= 11 is 0. The van der Waals surface area contributed by atoms with Crippen LogP contribution >= 0.6 is 0 Å². The van der Waals surface area contributed by atoms with Crippen molar-refractivity contribution in [2.24, 2.45) is 0 Å². The molecule has 1 aliphatic rings. The van der Waals surface area contributed by atoms with E-state index >= 15 is 0 Å². The zero-order valence-electron chi connectivity index (χ0n) is 26.3. The molecule has 8 nitrogen and oxygen atoms in total. The Bertz CT molecular complexity index is 1500. The normalized spacial score (nSPS) is 14.2. The van der Waals surface area contributed by atoms with Gasteiger partial charge in [-0.2, -0.15) is 0 Å². The first-order chi connectivity index (χ1) is 21.0. The third-order valence-electron chi connectivity index (χ3n) is 8.11. The fourth-order valence-electron chi connectivity index (χ4n) is 5.99. The van der Waals surface area contributed by atoms with E-state index in [-0.39, 0.29) is 37.4 Å². The molecule has 0 spiro atoms. The number of nitrogens with zero attached hydrogens (tertiary/aromatic N) is 2. The van der Waals surface area contributed by atoms with Crippen LogP contribution in [-0.2, 0) is 32.6 Å². The Morgan fingerprint density at radius 2 is 1.59 bits per heavy atom. The molecule has 0 heterocycles. The number of ether oxygens (including phenoxy) is 1.